The van der Waals surface area contributed by atoms with E-state index in [-0.39, 0.29) is 35.2 Å². The Balaban J connectivity index is 0.965. The standard InChI is InChI=1S/C55H63F3N8O2/c1-5-63(6-2)49(38-18-11-9-12-19-38)51(67)45-24-16-33-66(45)54-60-43-23-15-22-41-34-40(30-31-42(41)48(43)62-54)36-26-28-37(29-27-36)47-44(35-55(56,57)58)59-52(61-47)46-25-17-32-65(46)53(68)50(64(7-3)8-4)39-20-13-10-14-21-39/h9-14,18-21,26-31,34,45-46,49-50H,5-8,15-17,22-25,32-33,35H2,1-4H3,(H,59,61)(H,60,62)/t45?,46-,49+,50+/m0/s1. The van der Waals surface area contributed by atoms with Gasteiger partial charge in [0.2, 0.25) is 11.9 Å². The average molecular weight is 925 g/mol. The van der Waals surface area contributed by atoms with Crippen molar-refractivity contribution in [1.29, 1.82) is 0 Å². The summed E-state index contributed by atoms with van der Waals surface area (Å²) in [6.07, 6.45) is 0.0353. The van der Waals surface area contributed by atoms with E-state index in [9.17, 15) is 22.8 Å². The number of imidazole rings is 2. The summed E-state index contributed by atoms with van der Waals surface area (Å²) in [5, 5.41) is 0. The van der Waals surface area contributed by atoms with Gasteiger partial charge in [-0.25, -0.2) is 9.97 Å². The number of alkyl halides is 3. The molecule has 2 fully saturated rings. The second-order valence-corrected chi connectivity index (χ2v) is 18.4. The molecular weight excluding hydrogens is 862 g/mol. The van der Waals surface area contributed by atoms with Crippen molar-refractivity contribution < 1.29 is 22.8 Å². The number of carbonyl (C=O) groups excluding carboxylic acids is 2. The summed E-state index contributed by atoms with van der Waals surface area (Å²) in [5.41, 5.74) is 8.92. The highest BCUT2D eigenvalue weighted by Crippen LogP contribution is 2.40. The number of carbonyl (C=O) groups is 2. The van der Waals surface area contributed by atoms with E-state index in [1.54, 1.807) is 0 Å². The number of fused-ring (bicyclic) bond motifs is 3. The number of nitrogens with zero attached hydrogens (tertiary/aromatic N) is 6. The van der Waals surface area contributed by atoms with Crippen molar-refractivity contribution in [2.45, 2.75) is 109 Å². The normalized spacial score (nSPS) is 18.2. The number of anilines is 1. The van der Waals surface area contributed by atoms with Gasteiger partial charge in [-0.3, -0.25) is 19.4 Å². The molecule has 9 rings (SSSR count). The molecule has 4 atom stereocenters. The number of rotatable bonds is 16. The first-order valence-corrected chi connectivity index (χ1v) is 24.7. The van der Waals surface area contributed by atoms with E-state index in [1.807, 2.05) is 91.5 Å². The number of benzene rings is 4. The molecule has 0 radical (unpaired) electrons. The molecule has 2 aliphatic heterocycles. The monoisotopic (exact) mass is 925 g/mol. The third-order valence-electron chi connectivity index (χ3n) is 14.5. The Hall–Kier alpha value is -6.05. The lowest BCUT2D eigenvalue weighted by atomic mass is 9.95. The minimum atomic E-state index is -4.47. The molecule has 6 aromatic rings. The molecule has 356 valence electrons. The Morgan fingerprint density at radius 2 is 1.31 bits per heavy atom. The summed E-state index contributed by atoms with van der Waals surface area (Å²) in [4.78, 5) is 54.2. The van der Waals surface area contributed by atoms with Crippen LogP contribution in [0.25, 0.3) is 33.6 Å². The minimum Gasteiger partial charge on any atom is -0.343 e. The number of aromatic nitrogens is 4. The highest BCUT2D eigenvalue weighted by molar-refractivity contribution is 5.93. The van der Waals surface area contributed by atoms with E-state index >= 15 is 0 Å². The van der Waals surface area contributed by atoms with Crippen LogP contribution >= 0.6 is 0 Å². The highest BCUT2D eigenvalue weighted by atomic mass is 19.4. The number of nitrogens with one attached hydrogen (secondary N) is 2. The van der Waals surface area contributed by atoms with Gasteiger partial charge in [-0.15, -0.1) is 0 Å². The summed E-state index contributed by atoms with van der Waals surface area (Å²) in [6.45, 7) is 12.4. The molecule has 0 saturated carbocycles. The molecule has 68 heavy (non-hydrogen) atoms. The number of Topliss-reactive ketones (excluding diaryl/α,β-unsaturated/α-hetero) is 1. The molecule has 1 aliphatic carbocycles. The van der Waals surface area contributed by atoms with Gasteiger partial charge in [-0.05, 0) is 98.9 Å². The zero-order valence-electron chi connectivity index (χ0n) is 39.7. The number of aryl methyl sites for hydroxylation is 2. The van der Waals surface area contributed by atoms with Gasteiger partial charge in [-0.1, -0.05) is 131 Å². The number of H-pyrrole nitrogens is 2. The summed E-state index contributed by atoms with van der Waals surface area (Å²) < 4.78 is 42.5. The second-order valence-electron chi connectivity index (χ2n) is 18.4. The van der Waals surface area contributed by atoms with Crippen molar-refractivity contribution >= 4 is 17.6 Å². The quantitative estimate of drug-likeness (QED) is 0.0996. The number of ketones is 1. The number of likely N-dealkylation sites (N-methyl/N-ethyl adjacent to an activating group) is 2. The first-order chi connectivity index (χ1) is 33.0. The average Bonchev–Trinajstić information content (AvgIpc) is 4.18. The number of aromatic amines is 2. The Kier molecular flexibility index (Phi) is 14.0. The number of hydrogen-bond donors (Lipinski definition) is 2. The van der Waals surface area contributed by atoms with E-state index < -0.39 is 24.7 Å². The van der Waals surface area contributed by atoms with Crippen LogP contribution in [0.2, 0.25) is 0 Å². The molecule has 0 spiro atoms. The Labute approximate surface area is 398 Å². The van der Waals surface area contributed by atoms with Crippen molar-refractivity contribution in [2.75, 3.05) is 44.2 Å². The fraction of sp³-hybridized carbons (Fsp3) is 0.418. The van der Waals surface area contributed by atoms with Gasteiger partial charge in [0.15, 0.2) is 5.78 Å². The predicted molar refractivity (Wildman–Crippen MR) is 262 cm³/mol. The third-order valence-corrected chi connectivity index (χ3v) is 14.5. The van der Waals surface area contributed by atoms with Crippen LogP contribution in [0, 0.1) is 0 Å². The number of likely N-dealkylation sites (tertiary alicyclic amines) is 1. The van der Waals surface area contributed by atoms with Gasteiger partial charge in [0.05, 0.1) is 41.6 Å². The lowest BCUT2D eigenvalue weighted by molar-refractivity contribution is -0.138. The zero-order chi connectivity index (χ0) is 47.5. The van der Waals surface area contributed by atoms with Crippen LogP contribution in [-0.2, 0) is 28.9 Å². The lowest BCUT2D eigenvalue weighted by Crippen LogP contribution is -2.45. The molecule has 13 heteroatoms. The van der Waals surface area contributed by atoms with E-state index in [0.717, 1.165) is 103 Å². The van der Waals surface area contributed by atoms with Crippen LogP contribution in [0.3, 0.4) is 0 Å². The van der Waals surface area contributed by atoms with Crippen LogP contribution < -0.4 is 4.90 Å². The summed E-state index contributed by atoms with van der Waals surface area (Å²) >= 11 is 0. The SMILES string of the molecule is CCN(CC)[C@@H](C(=O)C1CCCN1c1nc2c([nH]1)CCCc1cc(-c3ccc(-c4nc([C@@H]5CCCN5C(=O)[C@@H](c5ccccc5)N(CC)CC)[nH]c4CC(F)(F)F)cc3)ccc1-2)c1ccccc1. The molecule has 3 aliphatic rings. The van der Waals surface area contributed by atoms with Crippen LogP contribution in [0.1, 0.15) is 112 Å². The maximum Gasteiger partial charge on any atom is 0.394 e. The van der Waals surface area contributed by atoms with Gasteiger partial charge in [0, 0.05) is 29.9 Å². The summed E-state index contributed by atoms with van der Waals surface area (Å²) in [7, 11) is 0. The summed E-state index contributed by atoms with van der Waals surface area (Å²) in [5.74, 6) is 1.27. The van der Waals surface area contributed by atoms with E-state index in [2.05, 4.69) is 68.8 Å². The van der Waals surface area contributed by atoms with Gasteiger partial charge >= 0.3 is 6.18 Å². The molecule has 4 aromatic carbocycles. The van der Waals surface area contributed by atoms with E-state index in [1.165, 1.54) is 5.56 Å². The van der Waals surface area contributed by atoms with Gasteiger partial charge in [-0.2, -0.15) is 13.2 Å². The largest absolute Gasteiger partial charge is 0.394 e. The van der Waals surface area contributed by atoms with Crippen molar-refractivity contribution in [3.8, 4) is 33.6 Å². The molecular formula is C55H63F3N8O2. The summed E-state index contributed by atoms with van der Waals surface area (Å²) in [6, 6.07) is 32.2. The molecule has 10 nitrogen and oxygen atoms in total. The Morgan fingerprint density at radius 1 is 0.691 bits per heavy atom. The Bertz CT molecular complexity index is 2670. The van der Waals surface area contributed by atoms with Crippen molar-refractivity contribution in [3.63, 3.8) is 0 Å². The fourth-order valence-corrected chi connectivity index (χ4v) is 11.1. The van der Waals surface area contributed by atoms with Crippen LogP contribution in [0.5, 0.6) is 0 Å². The molecule has 1 unspecified atom stereocenters. The molecule has 1 amide bonds. The van der Waals surface area contributed by atoms with Crippen molar-refractivity contribution in [3.05, 3.63) is 137 Å². The van der Waals surface area contributed by atoms with E-state index in [4.69, 9.17) is 9.97 Å². The fourth-order valence-electron chi connectivity index (χ4n) is 11.1. The van der Waals surface area contributed by atoms with Crippen LogP contribution in [-0.4, -0.2) is 97.8 Å². The lowest BCUT2D eigenvalue weighted by Gasteiger charge is -2.34. The maximum absolute atomic E-state index is 14.5. The van der Waals surface area contributed by atoms with Crippen LogP contribution in [0.4, 0.5) is 19.1 Å². The van der Waals surface area contributed by atoms with Gasteiger partial charge in [0.25, 0.3) is 0 Å². The topological polar surface area (TPSA) is 104 Å². The maximum atomic E-state index is 14.5. The number of amides is 1. The third kappa shape index (κ3) is 9.52. The predicted octanol–water partition coefficient (Wildman–Crippen LogP) is 11.1. The van der Waals surface area contributed by atoms with Gasteiger partial charge < -0.3 is 19.8 Å². The number of hydrogen-bond acceptors (Lipinski definition) is 7. The molecule has 4 heterocycles. The highest BCUT2D eigenvalue weighted by Gasteiger charge is 2.41. The molecule has 0 bridgehead atoms. The first kappa shape index (κ1) is 47.0. The number of halogens is 3. The van der Waals surface area contributed by atoms with Crippen LogP contribution in [0.15, 0.2) is 103 Å². The van der Waals surface area contributed by atoms with Crippen molar-refractivity contribution in [1.82, 2.24) is 34.6 Å². The molecule has 2 saturated heterocycles. The molecule has 2 N–H and O–H groups in total. The second kappa shape index (κ2) is 20.3. The van der Waals surface area contributed by atoms with Crippen molar-refractivity contribution in [2.24, 2.45) is 0 Å². The van der Waals surface area contributed by atoms with E-state index in [0.29, 0.717) is 37.4 Å². The Morgan fingerprint density at radius 3 is 1.97 bits per heavy atom. The smallest absolute Gasteiger partial charge is 0.343 e. The molecule has 2 aromatic heterocycles. The minimum absolute atomic E-state index is 0.00775. The zero-order valence-corrected chi connectivity index (χ0v) is 39.7. The van der Waals surface area contributed by atoms with Gasteiger partial charge in [0.1, 0.15) is 11.9 Å². The first-order valence-electron chi connectivity index (χ1n) is 24.7.